The minimum absolute atomic E-state index is 0.00498. The van der Waals surface area contributed by atoms with Gasteiger partial charge in [0.05, 0.1) is 13.2 Å². The number of pyridine rings is 1. The van der Waals surface area contributed by atoms with Crippen LogP contribution in [-0.4, -0.2) is 29.4 Å². The minimum Gasteiger partial charge on any atom is -0.497 e. The molecule has 2 heterocycles. The molecule has 1 aromatic heterocycles. The van der Waals surface area contributed by atoms with E-state index < -0.39 is 0 Å². The summed E-state index contributed by atoms with van der Waals surface area (Å²) < 4.78 is 5.28. The van der Waals surface area contributed by atoms with E-state index in [9.17, 15) is 4.79 Å². The van der Waals surface area contributed by atoms with Crippen LogP contribution in [0.25, 0.3) is 0 Å². The van der Waals surface area contributed by atoms with E-state index in [-0.39, 0.29) is 11.9 Å². The highest BCUT2D eigenvalue weighted by Crippen LogP contribution is 2.34. The summed E-state index contributed by atoms with van der Waals surface area (Å²) in [5.74, 6) is 0.804. The third kappa shape index (κ3) is 2.92. The molecule has 0 radical (unpaired) electrons. The topological polar surface area (TPSA) is 42.4 Å². The van der Waals surface area contributed by atoms with E-state index in [2.05, 4.69) is 4.98 Å². The van der Waals surface area contributed by atoms with Crippen molar-refractivity contribution in [3.63, 3.8) is 0 Å². The van der Waals surface area contributed by atoms with E-state index in [0.717, 1.165) is 30.7 Å². The zero-order chi connectivity index (χ0) is 15.5. The summed E-state index contributed by atoms with van der Waals surface area (Å²) in [5, 5.41) is 0.336. The van der Waals surface area contributed by atoms with Gasteiger partial charge in [-0.05, 0) is 42.7 Å². The maximum atomic E-state index is 12.7. The summed E-state index contributed by atoms with van der Waals surface area (Å²) in [7, 11) is 1.65. The number of benzene rings is 1. The van der Waals surface area contributed by atoms with Gasteiger partial charge in [-0.2, -0.15) is 0 Å². The molecule has 1 atom stereocenters. The first-order chi connectivity index (χ1) is 10.7. The Kier molecular flexibility index (Phi) is 4.29. The zero-order valence-corrected chi connectivity index (χ0v) is 13.1. The monoisotopic (exact) mass is 316 g/mol. The van der Waals surface area contributed by atoms with Gasteiger partial charge < -0.3 is 9.64 Å². The predicted octanol–water partition coefficient (Wildman–Crippen LogP) is 3.72. The summed E-state index contributed by atoms with van der Waals surface area (Å²) in [6.45, 7) is 0.751. The molecule has 1 amide bonds. The van der Waals surface area contributed by atoms with E-state index in [0.29, 0.717) is 10.7 Å². The molecular weight excluding hydrogens is 300 g/mol. The van der Waals surface area contributed by atoms with E-state index in [4.69, 9.17) is 16.3 Å². The molecule has 1 aliphatic heterocycles. The molecule has 22 heavy (non-hydrogen) atoms. The first kappa shape index (κ1) is 14.9. The Hall–Kier alpha value is -2.07. The van der Waals surface area contributed by atoms with Crippen molar-refractivity contribution in [1.29, 1.82) is 0 Å². The maximum absolute atomic E-state index is 12.7. The molecule has 0 N–H and O–H groups in total. The van der Waals surface area contributed by atoms with E-state index in [1.54, 1.807) is 25.4 Å². The smallest absolute Gasteiger partial charge is 0.254 e. The summed E-state index contributed by atoms with van der Waals surface area (Å²) in [4.78, 5) is 18.6. The van der Waals surface area contributed by atoms with Gasteiger partial charge in [0.25, 0.3) is 5.91 Å². The Morgan fingerprint density at radius 2 is 2.23 bits per heavy atom. The fourth-order valence-corrected chi connectivity index (χ4v) is 3.08. The van der Waals surface area contributed by atoms with Gasteiger partial charge in [0.1, 0.15) is 10.9 Å². The van der Waals surface area contributed by atoms with Crippen molar-refractivity contribution in [3.05, 3.63) is 58.9 Å². The Balaban J connectivity index is 1.88. The highest BCUT2D eigenvalue weighted by atomic mass is 35.5. The normalized spacial score (nSPS) is 17.5. The predicted molar refractivity (Wildman–Crippen MR) is 85.3 cm³/mol. The van der Waals surface area contributed by atoms with Crippen LogP contribution in [0.15, 0.2) is 42.6 Å². The quantitative estimate of drug-likeness (QED) is 0.810. The molecule has 2 aromatic rings. The second kappa shape index (κ2) is 6.36. The average molecular weight is 317 g/mol. The summed E-state index contributed by atoms with van der Waals surface area (Å²) >= 11 is 5.89. The lowest BCUT2D eigenvalue weighted by Gasteiger charge is -2.25. The van der Waals surface area contributed by atoms with E-state index in [1.807, 2.05) is 29.2 Å². The van der Waals surface area contributed by atoms with Gasteiger partial charge in [0, 0.05) is 18.3 Å². The number of methoxy groups -OCH3 is 1. The number of likely N-dealkylation sites (tertiary alicyclic amines) is 1. The average Bonchev–Trinajstić information content (AvgIpc) is 3.04. The second-order valence-corrected chi connectivity index (χ2v) is 5.69. The van der Waals surface area contributed by atoms with Crippen LogP contribution in [0.2, 0.25) is 5.15 Å². The standard InChI is InChI=1S/C17H17ClN2O2/c1-22-14-5-2-4-12(10-14)15-6-3-9-20(15)17(21)13-7-8-19-16(18)11-13/h2,4-5,7-8,10-11,15H,3,6,9H2,1H3. The fourth-order valence-electron chi connectivity index (χ4n) is 2.91. The molecule has 5 heteroatoms. The number of hydrogen-bond acceptors (Lipinski definition) is 3. The van der Waals surface area contributed by atoms with E-state index >= 15 is 0 Å². The van der Waals surface area contributed by atoms with Crippen LogP contribution >= 0.6 is 11.6 Å². The van der Waals surface area contributed by atoms with Crippen LogP contribution in [0.4, 0.5) is 0 Å². The summed E-state index contributed by atoms with van der Waals surface area (Å²) in [6.07, 6.45) is 3.51. The highest BCUT2D eigenvalue weighted by molar-refractivity contribution is 6.29. The molecule has 1 saturated heterocycles. The second-order valence-electron chi connectivity index (χ2n) is 5.30. The third-order valence-corrected chi connectivity index (χ3v) is 4.17. The number of carbonyl (C=O) groups is 1. The number of hydrogen-bond donors (Lipinski definition) is 0. The van der Waals surface area contributed by atoms with Crippen LogP contribution in [0.5, 0.6) is 5.75 Å². The Bertz CT molecular complexity index is 690. The van der Waals surface area contributed by atoms with Gasteiger partial charge in [-0.3, -0.25) is 4.79 Å². The molecule has 0 aliphatic carbocycles. The molecule has 0 saturated carbocycles. The SMILES string of the molecule is COc1cccc(C2CCCN2C(=O)c2ccnc(Cl)c2)c1. The van der Waals surface area contributed by atoms with Gasteiger partial charge in [-0.1, -0.05) is 23.7 Å². The molecular formula is C17H17ClN2O2. The third-order valence-electron chi connectivity index (χ3n) is 3.97. The number of nitrogens with zero attached hydrogens (tertiary/aromatic N) is 2. The van der Waals surface area contributed by atoms with Crippen molar-refractivity contribution in [2.45, 2.75) is 18.9 Å². The van der Waals surface area contributed by atoms with Gasteiger partial charge in [0.2, 0.25) is 0 Å². The lowest BCUT2D eigenvalue weighted by molar-refractivity contribution is 0.0735. The molecule has 3 rings (SSSR count). The number of ether oxygens (including phenoxy) is 1. The molecule has 0 bridgehead atoms. The number of carbonyl (C=O) groups excluding carboxylic acids is 1. The Labute approximate surface area is 134 Å². The van der Waals surface area contributed by atoms with Crippen LogP contribution in [0, 0.1) is 0 Å². The van der Waals surface area contributed by atoms with Gasteiger partial charge in [-0.25, -0.2) is 4.98 Å². The molecule has 0 spiro atoms. The Morgan fingerprint density at radius 1 is 1.36 bits per heavy atom. The van der Waals surface area contributed by atoms with Crippen molar-refractivity contribution >= 4 is 17.5 Å². The van der Waals surface area contributed by atoms with Crippen molar-refractivity contribution in [1.82, 2.24) is 9.88 Å². The highest BCUT2D eigenvalue weighted by Gasteiger charge is 2.30. The van der Waals surface area contributed by atoms with Crippen molar-refractivity contribution in [3.8, 4) is 5.75 Å². The molecule has 4 nitrogen and oxygen atoms in total. The van der Waals surface area contributed by atoms with Crippen LogP contribution < -0.4 is 4.74 Å². The first-order valence-electron chi connectivity index (χ1n) is 7.25. The number of amides is 1. The first-order valence-corrected chi connectivity index (χ1v) is 7.63. The molecule has 1 unspecified atom stereocenters. The summed E-state index contributed by atoms with van der Waals surface area (Å²) in [6, 6.07) is 11.3. The van der Waals surface area contributed by atoms with Crippen LogP contribution in [0.3, 0.4) is 0 Å². The summed E-state index contributed by atoms with van der Waals surface area (Å²) in [5.41, 5.74) is 1.68. The molecule has 1 fully saturated rings. The van der Waals surface area contributed by atoms with Crippen molar-refractivity contribution in [2.24, 2.45) is 0 Å². The zero-order valence-electron chi connectivity index (χ0n) is 12.3. The van der Waals surface area contributed by atoms with Crippen molar-refractivity contribution < 1.29 is 9.53 Å². The lowest BCUT2D eigenvalue weighted by atomic mass is 10.0. The van der Waals surface area contributed by atoms with Gasteiger partial charge in [0.15, 0.2) is 0 Å². The fraction of sp³-hybridized carbons (Fsp3) is 0.294. The van der Waals surface area contributed by atoms with Crippen LogP contribution in [-0.2, 0) is 0 Å². The molecule has 114 valence electrons. The lowest BCUT2D eigenvalue weighted by Crippen LogP contribution is -2.30. The molecule has 1 aliphatic rings. The minimum atomic E-state index is -0.00498. The number of aromatic nitrogens is 1. The molecule has 1 aromatic carbocycles. The Morgan fingerprint density at radius 3 is 3.00 bits per heavy atom. The van der Waals surface area contributed by atoms with Crippen molar-refractivity contribution in [2.75, 3.05) is 13.7 Å². The van der Waals surface area contributed by atoms with Gasteiger partial charge >= 0.3 is 0 Å². The number of halogens is 1. The van der Waals surface area contributed by atoms with Gasteiger partial charge in [-0.15, -0.1) is 0 Å². The van der Waals surface area contributed by atoms with E-state index in [1.165, 1.54) is 0 Å². The van der Waals surface area contributed by atoms with Crippen LogP contribution in [0.1, 0.15) is 34.8 Å². The maximum Gasteiger partial charge on any atom is 0.254 e. The number of rotatable bonds is 3. The largest absolute Gasteiger partial charge is 0.497 e.